The molecule has 0 radical (unpaired) electrons. The fraction of sp³-hybridized carbons (Fsp3) is 0.550. The first-order chi connectivity index (χ1) is 12.5. The van der Waals surface area contributed by atoms with Gasteiger partial charge in [0.2, 0.25) is 5.91 Å². The molecule has 2 aliphatic rings. The fourth-order valence-corrected chi connectivity index (χ4v) is 3.98. The summed E-state index contributed by atoms with van der Waals surface area (Å²) in [5.41, 5.74) is 0.470. The molecule has 1 aromatic carbocycles. The second-order valence-corrected chi connectivity index (χ2v) is 7.24. The molecule has 0 bridgehead atoms. The van der Waals surface area contributed by atoms with Crippen molar-refractivity contribution < 1.29 is 23.1 Å². The summed E-state index contributed by atoms with van der Waals surface area (Å²) >= 11 is 0. The zero-order chi connectivity index (χ0) is 18.7. The number of esters is 1. The predicted octanol–water partition coefficient (Wildman–Crippen LogP) is 4.18. The third-order valence-electron chi connectivity index (χ3n) is 5.35. The molecule has 4 nitrogen and oxygen atoms in total. The summed E-state index contributed by atoms with van der Waals surface area (Å²) in [5, 5.41) is 0. The smallest absolute Gasteiger partial charge is 0.315 e. The van der Waals surface area contributed by atoms with E-state index in [1.165, 1.54) is 12.5 Å². The number of ether oxygens (including phenoxy) is 1. The molecule has 0 aromatic heterocycles. The predicted molar refractivity (Wildman–Crippen MR) is 92.9 cm³/mol. The van der Waals surface area contributed by atoms with Gasteiger partial charge in [0.25, 0.3) is 0 Å². The van der Waals surface area contributed by atoms with Gasteiger partial charge >= 0.3 is 5.97 Å². The molecule has 1 heterocycles. The second kappa shape index (κ2) is 8.06. The third kappa shape index (κ3) is 4.17. The Morgan fingerprint density at radius 2 is 1.96 bits per heavy atom. The van der Waals surface area contributed by atoms with Crippen LogP contribution in [0.25, 0.3) is 0 Å². The molecule has 1 fully saturated rings. The van der Waals surface area contributed by atoms with Crippen LogP contribution < -0.4 is 0 Å². The number of hydrogen-bond acceptors (Lipinski definition) is 3. The molecule has 1 saturated carbocycles. The molecule has 2 unspecified atom stereocenters. The van der Waals surface area contributed by atoms with E-state index >= 15 is 0 Å². The Hall–Kier alpha value is -2.11. The maximum Gasteiger partial charge on any atom is 0.315 e. The van der Waals surface area contributed by atoms with Gasteiger partial charge in [-0.2, -0.15) is 0 Å². The Bertz CT molecular complexity index is 726. The van der Waals surface area contributed by atoms with Crippen molar-refractivity contribution in [1.82, 2.24) is 0 Å². The molecule has 1 aromatic rings. The van der Waals surface area contributed by atoms with Crippen molar-refractivity contribution in [3.8, 4) is 0 Å². The molecule has 3 rings (SSSR count). The molecule has 2 atom stereocenters. The Morgan fingerprint density at radius 1 is 1.23 bits per heavy atom. The van der Waals surface area contributed by atoms with Crippen molar-refractivity contribution in [1.29, 1.82) is 0 Å². The lowest BCUT2D eigenvalue weighted by Crippen LogP contribution is -2.36. The lowest BCUT2D eigenvalue weighted by molar-refractivity contribution is -0.148. The number of halogens is 2. The maximum atomic E-state index is 14.3. The van der Waals surface area contributed by atoms with Gasteiger partial charge in [-0.15, -0.1) is 0 Å². The number of carbonyl (C=O) groups excluding carboxylic acids is 2. The first-order valence-electron chi connectivity index (χ1n) is 9.15. The minimum Gasteiger partial charge on any atom is -0.465 e. The standard InChI is InChI=1S/C20H23F2NO3/c1-12-19(20(25)26-11-13-5-3-2-4-6-13)16(10-18(24)23-12)15-8-7-14(21)9-17(15)22/h7-9,13,16,19H,2-6,10-11H2,1H3. The Labute approximate surface area is 151 Å². The maximum absolute atomic E-state index is 14.3. The van der Waals surface area contributed by atoms with E-state index in [2.05, 4.69) is 4.99 Å². The van der Waals surface area contributed by atoms with Crippen LogP contribution in [0.5, 0.6) is 0 Å². The van der Waals surface area contributed by atoms with Gasteiger partial charge in [-0.3, -0.25) is 9.59 Å². The Kier molecular flexibility index (Phi) is 5.79. The van der Waals surface area contributed by atoms with Gasteiger partial charge in [0.15, 0.2) is 0 Å². The van der Waals surface area contributed by atoms with Crippen molar-refractivity contribution in [3.05, 3.63) is 35.4 Å². The zero-order valence-electron chi connectivity index (χ0n) is 14.8. The van der Waals surface area contributed by atoms with Crippen molar-refractivity contribution in [2.75, 3.05) is 6.61 Å². The number of benzene rings is 1. The summed E-state index contributed by atoms with van der Waals surface area (Å²) in [6.07, 6.45) is 5.49. The average Bonchev–Trinajstić information content (AvgIpc) is 2.60. The summed E-state index contributed by atoms with van der Waals surface area (Å²) in [5.74, 6) is -3.55. The van der Waals surface area contributed by atoms with Crippen molar-refractivity contribution in [2.24, 2.45) is 16.8 Å². The van der Waals surface area contributed by atoms with E-state index in [4.69, 9.17) is 4.74 Å². The topological polar surface area (TPSA) is 55.7 Å². The van der Waals surface area contributed by atoms with Gasteiger partial charge in [-0.25, -0.2) is 13.8 Å². The minimum absolute atomic E-state index is 0.0942. The van der Waals surface area contributed by atoms with E-state index in [1.807, 2.05) is 0 Å². The molecule has 1 aliphatic heterocycles. The molecule has 6 heteroatoms. The molecule has 26 heavy (non-hydrogen) atoms. The van der Waals surface area contributed by atoms with Crippen molar-refractivity contribution >= 4 is 17.6 Å². The van der Waals surface area contributed by atoms with Crippen LogP contribution in [0, 0.1) is 23.5 Å². The van der Waals surface area contributed by atoms with Gasteiger partial charge in [0, 0.05) is 24.1 Å². The lowest BCUT2D eigenvalue weighted by atomic mass is 9.78. The summed E-state index contributed by atoms with van der Waals surface area (Å²) < 4.78 is 33.0. The first kappa shape index (κ1) is 18.7. The summed E-state index contributed by atoms with van der Waals surface area (Å²) in [4.78, 5) is 28.5. The van der Waals surface area contributed by atoms with E-state index in [9.17, 15) is 18.4 Å². The van der Waals surface area contributed by atoms with Gasteiger partial charge in [-0.1, -0.05) is 25.3 Å². The number of nitrogens with zero attached hydrogens (tertiary/aromatic N) is 1. The number of carbonyl (C=O) groups is 2. The van der Waals surface area contributed by atoms with E-state index in [-0.39, 0.29) is 12.0 Å². The highest BCUT2D eigenvalue weighted by Gasteiger charge is 2.39. The number of hydrogen-bond donors (Lipinski definition) is 0. The SMILES string of the molecule is CC1=NC(=O)CC(c2ccc(F)cc2F)C1C(=O)OCC1CCCCC1. The van der Waals surface area contributed by atoms with Gasteiger partial charge in [0.1, 0.15) is 17.6 Å². The highest BCUT2D eigenvalue weighted by Crippen LogP contribution is 2.36. The minimum atomic E-state index is -0.823. The molecule has 140 valence electrons. The van der Waals surface area contributed by atoms with E-state index in [1.54, 1.807) is 6.92 Å². The monoisotopic (exact) mass is 363 g/mol. The van der Waals surface area contributed by atoms with Gasteiger partial charge in [-0.05, 0) is 37.3 Å². The fourth-order valence-electron chi connectivity index (χ4n) is 3.98. The number of aliphatic imine (C=N–C) groups is 1. The normalized spacial score (nSPS) is 24.3. The lowest BCUT2D eigenvalue weighted by Gasteiger charge is -2.29. The molecule has 0 saturated heterocycles. The van der Waals surface area contributed by atoms with Crippen molar-refractivity contribution in [2.45, 2.75) is 51.4 Å². The number of rotatable bonds is 4. The van der Waals surface area contributed by atoms with E-state index < -0.39 is 35.3 Å². The van der Waals surface area contributed by atoms with Crippen LogP contribution in [0.4, 0.5) is 8.78 Å². The molecule has 0 spiro atoms. The largest absolute Gasteiger partial charge is 0.465 e. The van der Waals surface area contributed by atoms with Gasteiger partial charge in [0.05, 0.1) is 6.61 Å². The molecular formula is C20H23F2NO3. The third-order valence-corrected chi connectivity index (χ3v) is 5.35. The summed E-state index contributed by atoms with van der Waals surface area (Å²) in [7, 11) is 0. The highest BCUT2D eigenvalue weighted by atomic mass is 19.1. The van der Waals surface area contributed by atoms with Crippen LogP contribution in [0.1, 0.15) is 56.9 Å². The van der Waals surface area contributed by atoms with Crippen molar-refractivity contribution in [3.63, 3.8) is 0 Å². The average molecular weight is 363 g/mol. The second-order valence-electron chi connectivity index (χ2n) is 7.24. The summed E-state index contributed by atoms with van der Waals surface area (Å²) in [6, 6.07) is 3.20. The Balaban J connectivity index is 1.79. The van der Waals surface area contributed by atoms with Crippen LogP contribution >= 0.6 is 0 Å². The quantitative estimate of drug-likeness (QED) is 0.754. The van der Waals surface area contributed by atoms with Crippen LogP contribution in [-0.4, -0.2) is 24.2 Å². The van der Waals surface area contributed by atoms with E-state index in [0.717, 1.165) is 37.8 Å². The van der Waals surface area contributed by atoms with Crippen LogP contribution in [0.2, 0.25) is 0 Å². The summed E-state index contributed by atoms with van der Waals surface area (Å²) in [6.45, 7) is 1.92. The molecular weight excluding hydrogens is 340 g/mol. The van der Waals surface area contributed by atoms with E-state index in [0.29, 0.717) is 18.2 Å². The van der Waals surface area contributed by atoms with Crippen LogP contribution in [-0.2, 0) is 14.3 Å². The van der Waals surface area contributed by atoms with Crippen LogP contribution in [0.3, 0.4) is 0 Å². The number of amides is 1. The highest BCUT2D eigenvalue weighted by molar-refractivity contribution is 6.08. The Morgan fingerprint density at radius 3 is 2.65 bits per heavy atom. The zero-order valence-corrected chi connectivity index (χ0v) is 14.8. The molecule has 1 aliphatic carbocycles. The molecule has 1 amide bonds. The van der Waals surface area contributed by atoms with Crippen LogP contribution in [0.15, 0.2) is 23.2 Å². The molecule has 0 N–H and O–H groups in total. The first-order valence-corrected chi connectivity index (χ1v) is 9.15. The van der Waals surface area contributed by atoms with Gasteiger partial charge < -0.3 is 4.74 Å².